The van der Waals surface area contributed by atoms with Gasteiger partial charge in [-0.2, -0.15) is 0 Å². The van der Waals surface area contributed by atoms with Crippen molar-refractivity contribution < 1.29 is 14.6 Å². The topological polar surface area (TPSA) is 72.5 Å². The van der Waals surface area contributed by atoms with Gasteiger partial charge in [0.2, 0.25) is 0 Å². The number of nitrogen functional groups attached to an aromatic ring is 1. The predicted octanol–water partition coefficient (Wildman–Crippen LogP) is 3.34. The molecule has 1 aromatic carbocycles. The number of ether oxygens (including phenoxy) is 1. The second kappa shape index (κ2) is 7.82. The number of aliphatic carboxylic acids is 1. The van der Waals surface area contributed by atoms with E-state index in [1.807, 2.05) is 0 Å². The SMILES string of the molecule is Nc1cccc(Cl)c1OCCCCCCC(=O)O. The first-order valence-electron chi connectivity index (χ1n) is 6.00. The summed E-state index contributed by atoms with van der Waals surface area (Å²) in [5.74, 6) is -0.209. The van der Waals surface area contributed by atoms with Crippen LogP contribution in [-0.4, -0.2) is 17.7 Å². The molecule has 0 radical (unpaired) electrons. The van der Waals surface area contributed by atoms with Crippen LogP contribution in [-0.2, 0) is 4.79 Å². The molecule has 1 aromatic rings. The largest absolute Gasteiger partial charge is 0.490 e. The Morgan fingerprint density at radius 1 is 1.28 bits per heavy atom. The summed E-state index contributed by atoms with van der Waals surface area (Å²) >= 11 is 5.96. The Balaban J connectivity index is 2.16. The van der Waals surface area contributed by atoms with Crippen LogP contribution >= 0.6 is 11.6 Å². The minimum Gasteiger partial charge on any atom is -0.490 e. The first-order chi connectivity index (χ1) is 8.61. The molecule has 0 heterocycles. The minimum atomic E-state index is -0.741. The van der Waals surface area contributed by atoms with E-state index in [0.717, 1.165) is 19.3 Å². The zero-order valence-corrected chi connectivity index (χ0v) is 10.9. The first-order valence-corrected chi connectivity index (χ1v) is 6.37. The summed E-state index contributed by atoms with van der Waals surface area (Å²) < 4.78 is 5.52. The van der Waals surface area contributed by atoms with Crippen molar-refractivity contribution in [2.24, 2.45) is 0 Å². The van der Waals surface area contributed by atoms with E-state index >= 15 is 0 Å². The lowest BCUT2D eigenvalue weighted by molar-refractivity contribution is -0.137. The molecule has 100 valence electrons. The highest BCUT2D eigenvalue weighted by molar-refractivity contribution is 6.32. The molecule has 0 amide bonds. The number of carbonyl (C=O) groups is 1. The van der Waals surface area contributed by atoms with Crippen LogP contribution in [0.3, 0.4) is 0 Å². The molecule has 1 rings (SSSR count). The van der Waals surface area contributed by atoms with Gasteiger partial charge in [0.05, 0.1) is 17.3 Å². The van der Waals surface area contributed by atoms with Crippen LogP contribution in [0.1, 0.15) is 32.1 Å². The molecule has 0 fully saturated rings. The van der Waals surface area contributed by atoms with E-state index in [9.17, 15) is 4.79 Å². The van der Waals surface area contributed by atoms with Gasteiger partial charge < -0.3 is 15.6 Å². The van der Waals surface area contributed by atoms with Gasteiger partial charge in [-0.05, 0) is 25.0 Å². The van der Waals surface area contributed by atoms with Crippen LogP contribution in [0.2, 0.25) is 5.02 Å². The van der Waals surface area contributed by atoms with Gasteiger partial charge in [0.25, 0.3) is 0 Å². The van der Waals surface area contributed by atoms with Gasteiger partial charge >= 0.3 is 5.97 Å². The van der Waals surface area contributed by atoms with Crippen LogP contribution in [0.5, 0.6) is 5.75 Å². The van der Waals surface area contributed by atoms with Crippen molar-refractivity contribution >= 4 is 23.3 Å². The summed E-state index contributed by atoms with van der Waals surface area (Å²) in [6.07, 6.45) is 3.65. The lowest BCUT2D eigenvalue weighted by atomic mass is 10.1. The molecule has 3 N–H and O–H groups in total. The molecule has 0 spiro atoms. The molecule has 0 bridgehead atoms. The number of carboxylic acid groups (broad SMARTS) is 1. The van der Waals surface area contributed by atoms with E-state index in [-0.39, 0.29) is 6.42 Å². The van der Waals surface area contributed by atoms with Crippen molar-refractivity contribution in [3.8, 4) is 5.75 Å². The molecule has 0 saturated heterocycles. The fourth-order valence-corrected chi connectivity index (χ4v) is 1.82. The highest BCUT2D eigenvalue weighted by Gasteiger charge is 2.05. The summed E-state index contributed by atoms with van der Waals surface area (Å²) in [5.41, 5.74) is 6.28. The van der Waals surface area contributed by atoms with Crippen LogP contribution in [0.25, 0.3) is 0 Å². The zero-order valence-electron chi connectivity index (χ0n) is 10.2. The number of nitrogens with two attached hydrogens (primary N) is 1. The number of hydrogen-bond donors (Lipinski definition) is 2. The molecule has 0 aliphatic carbocycles. The number of halogens is 1. The Kier molecular flexibility index (Phi) is 6.36. The molecule has 0 aliphatic heterocycles. The molecular formula is C13H18ClNO3. The molecule has 18 heavy (non-hydrogen) atoms. The number of unbranched alkanes of at least 4 members (excludes halogenated alkanes) is 3. The second-order valence-electron chi connectivity index (χ2n) is 4.06. The summed E-state index contributed by atoms with van der Waals surface area (Å²) in [6, 6.07) is 5.25. The normalized spacial score (nSPS) is 10.3. The number of para-hydroxylation sites is 1. The van der Waals surface area contributed by atoms with Gasteiger partial charge in [0.1, 0.15) is 0 Å². The number of carboxylic acids is 1. The Labute approximate surface area is 112 Å². The lowest BCUT2D eigenvalue weighted by Gasteiger charge is -2.10. The Morgan fingerprint density at radius 2 is 2.00 bits per heavy atom. The number of benzene rings is 1. The minimum absolute atomic E-state index is 0.234. The van der Waals surface area contributed by atoms with E-state index in [0.29, 0.717) is 29.5 Å². The zero-order chi connectivity index (χ0) is 13.4. The molecule has 5 heteroatoms. The summed E-state index contributed by atoms with van der Waals surface area (Å²) in [4.78, 5) is 10.3. The Morgan fingerprint density at radius 3 is 2.67 bits per heavy atom. The first kappa shape index (κ1) is 14.6. The molecule has 0 unspecified atom stereocenters. The van der Waals surface area contributed by atoms with E-state index in [2.05, 4.69) is 0 Å². The van der Waals surface area contributed by atoms with Crippen molar-refractivity contribution in [3.63, 3.8) is 0 Å². The summed E-state index contributed by atoms with van der Waals surface area (Å²) in [5, 5.41) is 8.99. The maximum Gasteiger partial charge on any atom is 0.303 e. The van der Waals surface area contributed by atoms with Gasteiger partial charge in [-0.15, -0.1) is 0 Å². The van der Waals surface area contributed by atoms with E-state index < -0.39 is 5.97 Å². The van der Waals surface area contributed by atoms with Crippen LogP contribution in [0.15, 0.2) is 18.2 Å². The van der Waals surface area contributed by atoms with Gasteiger partial charge in [0, 0.05) is 6.42 Å². The maximum absolute atomic E-state index is 10.3. The molecule has 0 aromatic heterocycles. The predicted molar refractivity (Wildman–Crippen MR) is 72.1 cm³/mol. The van der Waals surface area contributed by atoms with E-state index in [1.165, 1.54) is 0 Å². The Bertz CT molecular complexity index is 376. The van der Waals surface area contributed by atoms with Crippen molar-refractivity contribution in [2.75, 3.05) is 12.3 Å². The lowest BCUT2D eigenvalue weighted by Crippen LogP contribution is -2.01. The molecule has 0 saturated carbocycles. The Hall–Kier alpha value is -1.42. The van der Waals surface area contributed by atoms with Gasteiger partial charge in [0.15, 0.2) is 5.75 Å². The van der Waals surface area contributed by atoms with Crippen molar-refractivity contribution in [2.45, 2.75) is 32.1 Å². The van der Waals surface area contributed by atoms with Crippen molar-refractivity contribution in [1.82, 2.24) is 0 Å². The molecule has 4 nitrogen and oxygen atoms in total. The van der Waals surface area contributed by atoms with Gasteiger partial charge in [-0.25, -0.2) is 0 Å². The molecule has 0 atom stereocenters. The molecule has 0 aliphatic rings. The summed E-state index contributed by atoms with van der Waals surface area (Å²) in [6.45, 7) is 0.543. The maximum atomic E-state index is 10.3. The van der Waals surface area contributed by atoms with Crippen LogP contribution in [0.4, 0.5) is 5.69 Å². The van der Waals surface area contributed by atoms with Crippen LogP contribution in [0, 0.1) is 0 Å². The quantitative estimate of drug-likeness (QED) is 0.562. The smallest absolute Gasteiger partial charge is 0.303 e. The highest BCUT2D eigenvalue weighted by Crippen LogP contribution is 2.30. The van der Waals surface area contributed by atoms with Gasteiger partial charge in [-0.1, -0.05) is 30.5 Å². The molecular weight excluding hydrogens is 254 g/mol. The third-order valence-electron chi connectivity index (χ3n) is 2.53. The van der Waals surface area contributed by atoms with Crippen molar-refractivity contribution in [3.05, 3.63) is 23.2 Å². The highest BCUT2D eigenvalue weighted by atomic mass is 35.5. The number of hydrogen-bond acceptors (Lipinski definition) is 3. The monoisotopic (exact) mass is 271 g/mol. The number of rotatable bonds is 8. The standard InChI is InChI=1S/C13H18ClNO3/c14-10-6-5-7-11(15)13(10)18-9-4-2-1-3-8-12(16)17/h5-7H,1-4,8-9,15H2,(H,16,17). The van der Waals surface area contributed by atoms with Gasteiger partial charge in [-0.3, -0.25) is 4.79 Å². The average Bonchev–Trinajstić information content (AvgIpc) is 2.30. The summed E-state index contributed by atoms with van der Waals surface area (Å²) in [7, 11) is 0. The third kappa shape index (κ3) is 5.27. The third-order valence-corrected chi connectivity index (χ3v) is 2.83. The average molecular weight is 272 g/mol. The second-order valence-corrected chi connectivity index (χ2v) is 4.47. The fraction of sp³-hybridized carbons (Fsp3) is 0.462. The van der Waals surface area contributed by atoms with E-state index in [4.69, 9.17) is 27.2 Å². The van der Waals surface area contributed by atoms with Crippen molar-refractivity contribution in [1.29, 1.82) is 0 Å². The van der Waals surface area contributed by atoms with E-state index in [1.54, 1.807) is 18.2 Å². The fourth-order valence-electron chi connectivity index (χ4n) is 1.58. The number of anilines is 1. The van der Waals surface area contributed by atoms with Crippen LogP contribution < -0.4 is 10.5 Å².